The fraction of sp³-hybridized carbons (Fsp3) is 0.533. The van der Waals surface area contributed by atoms with E-state index in [2.05, 4.69) is 5.32 Å². The van der Waals surface area contributed by atoms with Gasteiger partial charge in [-0.15, -0.1) is 0 Å². The number of aliphatic hydroxyl groups is 2. The molecule has 0 saturated heterocycles. The third-order valence-electron chi connectivity index (χ3n) is 2.88. The largest absolute Gasteiger partial charge is 0.392 e. The van der Waals surface area contributed by atoms with Gasteiger partial charge in [0.2, 0.25) is 0 Å². The monoisotopic (exact) mass is 265 g/mol. The molecule has 1 unspecified atom stereocenters. The molecular formula is C15H23NO3. The van der Waals surface area contributed by atoms with Crippen molar-refractivity contribution in [1.82, 2.24) is 5.32 Å². The molecule has 1 atom stereocenters. The van der Waals surface area contributed by atoms with Crippen LogP contribution < -0.4 is 5.32 Å². The van der Waals surface area contributed by atoms with Crippen LogP contribution in [0.5, 0.6) is 0 Å². The van der Waals surface area contributed by atoms with Crippen LogP contribution in [0.4, 0.5) is 0 Å². The minimum Gasteiger partial charge on any atom is -0.392 e. The molecule has 4 nitrogen and oxygen atoms in total. The lowest BCUT2D eigenvalue weighted by molar-refractivity contribution is 0.0368. The van der Waals surface area contributed by atoms with Crippen molar-refractivity contribution in [2.45, 2.75) is 39.4 Å². The second kappa shape index (κ2) is 6.68. The lowest BCUT2D eigenvalue weighted by Gasteiger charge is -2.25. The topological polar surface area (TPSA) is 69.6 Å². The Kier molecular flexibility index (Phi) is 5.51. The smallest absolute Gasteiger partial charge is 0.251 e. The first-order valence-corrected chi connectivity index (χ1v) is 6.54. The Balaban J connectivity index is 2.55. The van der Waals surface area contributed by atoms with Crippen LogP contribution in [0.3, 0.4) is 0 Å². The first-order valence-electron chi connectivity index (χ1n) is 6.54. The number of benzene rings is 1. The van der Waals surface area contributed by atoms with Crippen LogP contribution >= 0.6 is 0 Å². The minimum absolute atomic E-state index is 0.0367. The van der Waals surface area contributed by atoms with E-state index in [-0.39, 0.29) is 19.1 Å². The molecule has 0 aliphatic heterocycles. The number of carbonyl (C=O) groups is 1. The number of amides is 1. The molecule has 1 aromatic rings. The third-order valence-corrected chi connectivity index (χ3v) is 2.88. The van der Waals surface area contributed by atoms with Gasteiger partial charge in [0.05, 0.1) is 12.2 Å². The number of aliphatic hydroxyl groups excluding tert-OH is 1. The molecule has 1 aromatic carbocycles. The quantitative estimate of drug-likeness (QED) is 0.733. The molecule has 0 saturated carbocycles. The van der Waals surface area contributed by atoms with Crippen molar-refractivity contribution in [2.75, 3.05) is 6.54 Å². The van der Waals surface area contributed by atoms with E-state index in [0.29, 0.717) is 17.9 Å². The van der Waals surface area contributed by atoms with Gasteiger partial charge in [-0.25, -0.2) is 0 Å². The van der Waals surface area contributed by atoms with Gasteiger partial charge in [-0.05, 0) is 37.0 Å². The third kappa shape index (κ3) is 5.41. The van der Waals surface area contributed by atoms with Crippen molar-refractivity contribution in [2.24, 2.45) is 5.92 Å². The summed E-state index contributed by atoms with van der Waals surface area (Å²) in [5.74, 6) is 0.157. The maximum atomic E-state index is 11.9. The van der Waals surface area contributed by atoms with Gasteiger partial charge < -0.3 is 15.5 Å². The van der Waals surface area contributed by atoms with Crippen LogP contribution in [-0.4, -0.2) is 28.3 Å². The Morgan fingerprint density at radius 3 is 2.37 bits per heavy atom. The SMILES string of the molecule is CC(C)CC(C)(O)CNC(=O)c1ccc(CO)cc1. The predicted octanol–water partition coefficient (Wildman–Crippen LogP) is 1.71. The van der Waals surface area contributed by atoms with Crippen LogP contribution in [0.25, 0.3) is 0 Å². The summed E-state index contributed by atoms with van der Waals surface area (Å²) in [7, 11) is 0. The fourth-order valence-corrected chi connectivity index (χ4v) is 2.09. The second-order valence-corrected chi connectivity index (χ2v) is 5.63. The standard InChI is InChI=1S/C15H23NO3/c1-11(2)8-15(3,19)10-16-14(18)13-6-4-12(9-17)5-7-13/h4-7,11,17,19H,8-10H2,1-3H3,(H,16,18). The van der Waals surface area contributed by atoms with Gasteiger partial charge in [0.25, 0.3) is 5.91 Å². The van der Waals surface area contributed by atoms with Crippen molar-refractivity contribution in [3.05, 3.63) is 35.4 Å². The summed E-state index contributed by atoms with van der Waals surface area (Å²) in [4.78, 5) is 11.9. The van der Waals surface area contributed by atoms with E-state index in [0.717, 1.165) is 5.56 Å². The van der Waals surface area contributed by atoms with Crippen molar-refractivity contribution in [3.8, 4) is 0 Å². The zero-order valence-corrected chi connectivity index (χ0v) is 11.8. The predicted molar refractivity (Wildman–Crippen MR) is 74.8 cm³/mol. The van der Waals surface area contributed by atoms with Crippen molar-refractivity contribution >= 4 is 5.91 Å². The number of carbonyl (C=O) groups excluding carboxylic acids is 1. The van der Waals surface area contributed by atoms with E-state index < -0.39 is 5.60 Å². The molecule has 3 N–H and O–H groups in total. The van der Waals surface area contributed by atoms with E-state index in [1.807, 2.05) is 13.8 Å². The first-order chi connectivity index (χ1) is 8.84. The molecule has 0 aliphatic carbocycles. The Morgan fingerprint density at radius 2 is 1.89 bits per heavy atom. The Bertz CT molecular complexity index is 410. The highest BCUT2D eigenvalue weighted by Gasteiger charge is 2.22. The number of rotatable bonds is 6. The van der Waals surface area contributed by atoms with Gasteiger partial charge in [-0.1, -0.05) is 26.0 Å². The lowest BCUT2D eigenvalue weighted by Crippen LogP contribution is -2.41. The molecule has 1 rings (SSSR count). The Hall–Kier alpha value is -1.39. The lowest BCUT2D eigenvalue weighted by atomic mass is 9.94. The van der Waals surface area contributed by atoms with Gasteiger partial charge in [-0.2, -0.15) is 0 Å². The molecule has 0 heterocycles. The van der Waals surface area contributed by atoms with E-state index in [1.165, 1.54) is 0 Å². The maximum Gasteiger partial charge on any atom is 0.251 e. The minimum atomic E-state index is -0.894. The zero-order valence-electron chi connectivity index (χ0n) is 11.8. The van der Waals surface area contributed by atoms with Gasteiger partial charge in [-0.3, -0.25) is 4.79 Å². The Labute approximate surface area is 114 Å². The van der Waals surface area contributed by atoms with Gasteiger partial charge in [0, 0.05) is 12.1 Å². The second-order valence-electron chi connectivity index (χ2n) is 5.63. The average Bonchev–Trinajstić information content (AvgIpc) is 2.34. The van der Waals surface area contributed by atoms with E-state index >= 15 is 0 Å². The molecule has 1 amide bonds. The van der Waals surface area contributed by atoms with Crippen molar-refractivity contribution in [3.63, 3.8) is 0 Å². The number of hydrogen-bond donors (Lipinski definition) is 3. The normalized spacial score (nSPS) is 14.2. The van der Waals surface area contributed by atoms with E-state index in [1.54, 1.807) is 31.2 Å². The molecule has 0 bridgehead atoms. The summed E-state index contributed by atoms with van der Waals surface area (Å²) in [6.07, 6.45) is 0.636. The first kappa shape index (κ1) is 15.7. The molecule has 0 aromatic heterocycles. The maximum absolute atomic E-state index is 11.9. The summed E-state index contributed by atoms with van der Waals surface area (Å²) >= 11 is 0. The van der Waals surface area contributed by atoms with Crippen molar-refractivity contribution in [1.29, 1.82) is 0 Å². The Morgan fingerprint density at radius 1 is 1.32 bits per heavy atom. The highest BCUT2D eigenvalue weighted by molar-refractivity contribution is 5.94. The van der Waals surface area contributed by atoms with Gasteiger partial charge >= 0.3 is 0 Å². The van der Waals surface area contributed by atoms with Crippen LogP contribution in [-0.2, 0) is 6.61 Å². The number of hydrogen-bond acceptors (Lipinski definition) is 3. The fourth-order valence-electron chi connectivity index (χ4n) is 2.09. The van der Waals surface area contributed by atoms with Crippen molar-refractivity contribution < 1.29 is 15.0 Å². The molecule has 106 valence electrons. The summed E-state index contributed by atoms with van der Waals surface area (Å²) in [6, 6.07) is 6.75. The highest BCUT2D eigenvalue weighted by atomic mass is 16.3. The molecule has 0 radical (unpaired) electrons. The van der Waals surface area contributed by atoms with E-state index in [9.17, 15) is 9.90 Å². The summed E-state index contributed by atoms with van der Waals surface area (Å²) < 4.78 is 0. The van der Waals surface area contributed by atoms with Gasteiger partial charge in [0.15, 0.2) is 0 Å². The summed E-state index contributed by atoms with van der Waals surface area (Å²) in [5.41, 5.74) is 0.399. The van der Waals surface area contributed by atoms with Crippen LogP contribution in [0, 0.1) is 5.92 Å². The summed E-state index contributed by atoms with van der Waals surface area (Å²) in [6.45, 7) is 5.98. The summed E-state index contributed by atoms with van der Waals surface area (Å²) in [5, 5.41) is 21.8. The van der Waals surface area contributed by atoms with Crippen LogP contribution in [0.15, 0.2) is 24.3 Å². The van der Waals surface area contributed by atoms with E-state index in [4.69, 9.17) is 5.11 Å². The molecular weight excluding hydrogens is 242 g/mol. The molecule has 4 heteroatoms. The zero-order chi connectivity index (χ0) is 14.5. The molecule has 0 aliphatic rings. The van der Waals surface area contributed by atoms with Crippen LogP contribution in [0.1, 0.15) is 43.1 Å². The molecule has 19 heavy (non-hydrogen) atoms. The molecule has 0 fully saturated rings. The highest BCUT2D eigenvalue weighted by Crippen LogP contribution is 2.15. The number of nitrogens with one attached hydrogen (secondary N) is 1. The van der Waals surface area contributed by atoms with Crippen LogP contribution in [0.2, 0.25) is 0 Å². The van der Waals surface area contributed by atoms with Gasteiger partial charge in [0.1, 0.15) is 0 Å². The molecule has 0 spiro atoms. The average molecular weight is 265 g/mol.